The Morgan fingerprint density at radius 2 is 1.58 bits per heavy atom. The maximum atomic E-state index is 14.2. The summed E-state index contributed by atoms with van der Waals surface area (Å²) in [5, 5.41) is 29.2. The molecule has 0 saturated carbocycles. The Labute approximate surface area is 445 Å². The van der Waals surface area contributed by atoms with Gasteiger partial charge in [0.1, 0.15) is 48.6 Å². The van der Waals surface area contributed by atoms with Gasteiger partial charge >= 0.3 is 12.1 Å². The Bertz CT molecular complexity index is 3190. The number of aliphatic hydroxyl groups excluding tert-OH is 1. The molecular formula is C62H74N5O9+. The second kappa shape index (κ2) is 22.7. The first-order chi connectivity index (χ1) is 36.8. The topological polar surface area (TPSA) is 161 Å². The Balaban J connectivity index is 0.838. The van der Waals surface area contributed by atoms with Crippen LogP contribution >= 0.6 is 0 Å². The lowest BCUT2D eigenvalue weighted by molar-refractivity contribution is -0.131. The summed E-state index contributed by atoms with van der Waals surface area (Å²) in [6, 6.07) is 23.0. The van der Waals surface area contributed by atoms with Gasteiger partial charge in [-0.2, -0.15) is 0 Å². The minimum Gasteiger partial charge on any atom is -0.490 e. The third kappa shape index (κ3) is 11.1. The molecule has 1 atom stereocenters. The van der Waals surface area contributed by atoms with Crippen LogP contribution in [0.3, 0.4) is 0 Å². The zero-order valence-corrected chi connectivity index (χ0v) is 44.8. The molecule has 5 aromatic carbocycles. The van der Waals surface area contributed by atoms with Crippen molar-refractivity contribution < 1.29 is 43.6 Å². The fourth-order valence-corrected chi connectivity index (χ4v) is 12.2. The summed E-state index contributed by atoms with van der Waals surface area (Å²) < 4.78 is 21.5. The number of nitrogens with one attached hydrogen (secondary N) is 1. The predicted molar refractivity (Wildman–Crippen MR) is 295 cm³/mol. The molecule has 0 bridgehead atoms. The fraction of sp³-hybridized carbons (Fsp3) is 0.468. The first-order valence-corrected chi connectivity index (χ1v) is 27.9. The van der Waals surface area contributed by atoms with Crippen LogP contribution in [-0.4, -0.2) is 121 Å². The summed E-state index contributed by atoms with van der Waals surface area (Å²) in [6.45, 7) is 12.4. The van der Waals surface area contributed by atoms with Gasteiger partial charge in [-0.25, -0.2) is 14.2 Å². The fourth-order valence-electron chi connectivity index (χ4n) is 12.2. The van der Waals surface area contributed by atoms with E-state index in [0.29, 0.717) is 49.4 Å². The molecule has 0 unspecified atom stereocenters. The van der Waals surface area contributed by atoms with Crippen LogP contribution in [0, 0.1) is 0 Å². The zero-order valence-electron chi connectivity index (χ0n) is 44.8. The van der Waals surface area contributed by atoms with Crippen molar-refractivity contribution in [2.24, 2.45) is 0 Å². The molecule has 3 amide bonds. The molecule has 14 heteroatoms. The van der Waals surface area contributed by atoms with Crippen LogP contribution in [-0.2, 0) is 35.2 Å². The van der Waals surface area contributed by atoms with E-state index in [9.17, 15) is 29.4 Å². The van der Waals surface area contributed by atoms with E-state index in [0.717, 1.165) is 129 Å². The van der Waals surface area contributed by atoms with Crippen LogP contribution in [0.5, 0.6) is 17.2 Å². The summed E-state index contributed by atoms with van der Waals surface area (Å²) in [6.07, 6.45) is 9.66. The number of carboxylic acid groups (broad SMARTS) is 1. The molecule has 0 fully saturated rings. The number of aromatic carboxylic acids is 1. The van der Waals surface area contributed by atoms with Gasteiger partial charge in [0.2, 0.25) is 11.3 Å². The molecule has 400 valence electrons. The van der Waals surface area contributed by atoms with Crippen molar-refractivity contribution in [2.45, 2.75) is 123 Å². The highest BCUT2D eigenvalue weighted by molar-refractivity contribution is 6.02. The number of amides is 3. The monoisotopic (exact) mass is 1030 g/mol. The number of carboxylic acids is 1. The number of aryl methyl sites for hydroxylation is 2. The van der Waals surface area contributed by atoms with Gasteiger partial charge in [0, 0.05) is 103 Å². The molecule has 5 heterocycles. The number of hydrogen-bond acceptors (Lipinski definition) is 9. The molecule has 0 aromatic heterocycles. The third-order valence-electron chi connectivity index (χ3n) is 15.7. The normalized spacial score (nSPS) is 15.9. The molecule has 0 saturated heterocycles. The second-order valence-corrected chi connectivity index (χ2v) is 22.2. The second-order valence-electron chi connectivity index (χ2n) is 22.2. The Kier molecular flexibility index (Phi) is 15.7. The minimum absolute atomic E-state index is 0.0277. The van der Waals surface area contributed by atoms with Gasteiger partial charge in [0.05, 0.1) is 17.7 Å². The number of anilines is 1. The average Bonchev–Trinajstić information content (AvgIpc) is 3.86. The van der Waals surface area contributed by atoms with Crippen molar-refractivity contribution in [3.63, 3.8) is 0 Å². The first-order valence-electron chi connectivity index (χ1n) is 27.9. The van der Waals surface area contributed by atoms with Gasteiger partial charge in [-0.05, 0) is 145 Å². The molecule has 5 aliphatic rings. The molecular weight excluding hydrogens is 959 g/mol. The molecule has 0 radical (unpaired) electrons. The van der Waals surface area contributed by atoms with Crippen LogP contribution < -0.4 is 34.8 Å². The number of ether oxygens (including phenoxy) is 3. The Morgan fingerprint density at radius 1 is 0.803 bits per heavy atom. The van der Waals surface area contributed by atoms with Crippen molar-refractivity contribution in [3.05, 3.63) is 128 Å². The number of carbonyl (C=O) groups excluding carboxylic acids is 3. The highest BCUT2D eigenvalue weighted by atomic mass is 16.6. The minimum atomic E-state index is -1.05. The van der Waals surface area contributed by atoms with E-state index in [4.69, 9.17) is 14.2 Å². The molecule has 0 spiro atoms. The van der Waals surface area contributed by atoms with Crippen molar-refractivity contribution >= 4 is 45.9 Å². The molecule has 5 aliphatic heterocycles. The molecule has 76 heavy (non-hydrogen) atoms. The summed E-state index contributed by atoms with van der Waals surface area (Å²) in [5.74, 6) is 0.791. The summed E-state index contributed by atoms with van der Waals surface area (Å²) in [7, 11) is 0. The smallest absolute Gasteiger partial charge is 0.410 e. The highest BCUT2D eigenvalue weighted by Crippen LogP contribution is 2.48. The number of unbranched alkanes of at least 4 members (excludes halogenated alkanes) is 1. The number of rotatable bonds is 17. The molecule has 3 N–H and O–H groups in total. The molecule has 0 aliphatic carbocycles. The SMILES string of the molecule is CCN(CCCCNC(=O)c1ccc(C(=O)O)c(C2=c3cc4c5c(c3Oc3c2cc2c6c3CCCN6CCCC2)CCC[N+]=5CCCC4)c1)C(=O)CCN(C[C@H](O)COc1cccc2ccccc12)C(=O)OC(C)(C)C. The van der Waals surface area contributed by atoms with Crippen LogP contribution in [0.15, 0.2) is 72.8 Å². The van der Waals surface area contributed by atoms with Gasteiger partial charge in [-0.3, -0.25) is 9.59 Å². The van der Waals surface area contributed by atoms with Crippen LogP contribution in [0.25, 0.3) is 16.3 Å². The summed E-state index contributed by atoms with van der Waals surface area (Å²) >= 11 is 0. The summed E-state index contributed by atoms with van der Waals surface area (Å²) in [4.78, 5) is 60.2. The molecule has 5 aromatic rings. The lowest BCUT2D eigenvalue weighted by Gasteiger charge is -2.35. The van der Waals surface area contributed by atoms with Gasteiger partial charge in [0.15, 0.2) is 0 Å². The van der Waals surface area contributed by atoms with E-state index < -0.39 is 23.8 Å². The van der Waals surface area contributed by atoms with Gasteiger partial charge in [-0.1, -0.05) is 36.4 Å². The predicted octanol–water partition coefficient (Wildman–Crippen LogP) is 8.18. The lowest BCUT2D eigenvalue weighted by atomic mass is 9.82. The number of aliphatic hydroxyl groups is 1. The number of fused-ring (bicyclic) bond motifs is 5. The Hall–Kier alpha value is -6.93. The van der Waals surface area contributed by atoms with E-state index >= 15 is 0 Å². The zero-order chi connectivity index (χ0) is 53.1. The number of hydrogen-bond donors (Lipinski definition) is 3. The van der Waals surface area contributed by atoms with E-state index in [1.807, 2.05) is 49.4 Å². The molecule has 10 rings (SSSR count). The quantitative estimate of drug-likeness (QED) is 0.0601. The van der Waals surface area contributed by atoms with Gasteiger partial charge in [0.25, 0.3) is 5.91 Å². The van der Waals surface area contributed by atoms with Crippen LogP contribution in [0.4, 0.5) is 10.5 Å². The van der Waals surface area contributed by atoms with Crippen molar-refractivity contribution in [1.82, 2.24) is 19.7 Å². The average molecular weight is 1030 g/mol. The Morgan fingerprint density at radius 3 is 2.41 bits per heavy atom. The van der Waals surface area contributed by atoms with Gasteiger partial charge in [-0.15, -0.1) is 0 Å². The summed E-state index contributed by atoms with van der Waals surface area (Å²) in [5.41, 5.74) is 8.26. The maximum absolute atomic E-state index is 14.2. The standard InChI is InChI=1S/C62H73N5O9/c1-5-64(53(69)27-34-67(61(73)76-62(2,3)4)38-44(68)39-74-52-24-14-20-40-17-6-7-21-45(40)52)29-13-10-28-63-59(70)43-25-26-46(60(71)72)49(37-43)54-50-35-41-18-8-11-30-65-32-15-22-47(55(41)65)57(50)75-58-48-23-16-33-66-31-12-9-19-42(56(48)66)36-51(54)58/h6-7,14,17,20-21,24-26,35-37,44,68H,5,8-13,15-16,18-19,22-23,27-34,38-39H2,1-4H3,(H-,63,70,71,72)/p+1/t44-/m0/s1. The highest BCUT2D eigenvalue weighted by Gasteiger charge is 2.36. The molecule has 14 nitrogen and oxygen atoms in total. The van der Waals surface area contributed by atoms with Crippen molar-refractivity contribution in [1.29, 1.82) is 0 Å². The van der Waals surface area contributed by atoms with E-state index in [1.54, 1.807) is 43.9 Å². The van der Waals surface area contributed by atoms with Crippen molar-refractivity contribution in [3.8, 4) is 17.2 Å². The van der Waals surface area contributed by atoms with Gasteiger partial charge < -0.3 is 44.4 Å². The number of nitrogens with zero attached hydrogens (tertiary/aromatic N) is 4. The van der Waals surface area contributed by atoms with E-state index in [2.05, 4.69) is 26.9 Å². The third-order valence-corrected chi connectivity index (χ3v) is 15.7. The number of carbonyl (C=O) groups is 4. The largest absolute Gasteiger partial charge is 0.490 e. The maximum Gasteiger partial charge on any atom is 0.410 e. The first kappa shape index (κ1) is 52.5. The number of benzene rings is 5. The van der Waals surface area contributed by atoms with Crippen LogP contribution in [0.2, 0.25) is 0 Å². The van der Waals surface area contributed by atoms with E-state index in [-0.39, 0.29) is 43.5 Å². The van der Waals surface area contributed by atoms with Crippen molar-refractivity contribution in [2.75, 3.05) is 70.4 Å². The van der Waals surface area contributed by atoms with Crippen LogP contribution in [0.1, 0.15) is 140 Å². The lowest BCUT2D eigenvalue weighted by Crippen LogP contribution is -2.44. The van der Waals surface area contributed by atoms with E-state index in [1.165, 1.54) is 38.2 Å².